The van der Waals surface area contributed by atoms with Crippen molar-refractivity contribution in [3.63, 3.8) is 0 Å². The molecule has 0 bridgehead atoms. The first-order valence-corrected chi connectivity index (χ1v) is 8.08. The van der Waals surface area contributed by atoms with Crippen molar-refractivity contribution in [1.29, 1.82) is 0 Å². The summed E-state index contributed by atoms with van der Waals surface area (Å²) in [6.07, 6.45) is 6.66. The fourth-order valence-corrected chi connectivity index (χ4v) is 2.73. The van der Waals surface area contributed by atoms with E-state index >= 15 is 0 Å². The van der Waals surface area contributed by atoms with E-state index in [1.165, 1.54) is 16.4 Å². The van der Waals surface area contributed by atoms with Crippen LogP contribution in [0, 0.1) is 0 Å². The third-order valence-corrected chi connectivity index (χ3v) is 4.02. The molecule has 2 aromatic heterocycles. The number of carbonyl (C=O) groups is 2. The monoisotopic (exact) mass is 343 g/mol. The van der Waals surface area contributed by atoms with Crippen molar-refractivity contribution >= 4 is 17.6 Å². The molecule has 0 spiro atoms. The number of primary amides is 1. The molecule has 0 aromatic carbocycles. The Morgan fingerprint density at radius 3 is 2.56 bits per heavy atom. The minimum absolute atomic E-state index is 0.0104. The summed E-state index contributed by atoms with van der Waals surface area (Å²) in [6.45, 7) is 3.80. The van der Waals surface area contributed by atoms with Crippen molar-refractivity contribution in [3.8, 4) is 0 Å². The SMILES string of the molecule is NC(=O)Cn1cc(NC(=O)N2CCN(Cc3ccncc3)CC2)cn1. The summed E-state index contributed by atoms with van der Waals surface area (Å²) < 4.78 is 1.39. The highest BCUT2D eigenvalue weighted by Gasteiger charge is 2.21. The van der Waals surface area contributed by atoms with Crippen molar-refractivity contribution in [2.75, 3.05) is 31.5 Å². The van der Waals surface area contributed by atoms with Crippen LogP contribution in [-0.4, -0.2) is 62.7 Å². The van der Waals surface area contributed by atoms with E-state index < -0.39 is 5.91 Å². The molecule has 1 aliphatic heterocycles. The average molecular weight is 343 g/mol. The van der Waals surface area contributed by atoms with Crippen LogP contribution in [0.2, 0.25) is 0 Å². The van der Waals surface area contributed by atoms with Crippen LogP contribution >= 0.6 is 0 Å². The summed E-state index contributed by atoms with van der Waals surface area (Å²) in [5.74, 6) is -0.480. The summed E-state index contributed by atoms with van der Waals surface area (Å²) in [6, 6.07) is 3.84. The zero-order valence-electron chi connectivity index (χ0n) is 13.8. The second-order valence-electron chi connectivity index (χ2n) is 5.94. The minimum atomic E-state index is -0.480. The number of nitrogens with zero attached hydrogens (tertiary/aromatic N) is 5. The Balaban J connectivity index is 1.46. The van der Waals surface area contributed by atoms with Gasteiger partial charge in [0.15, 0.2) is 0 Å². The molecule has 9 heteroatoms. The molecule has 0 unspecified atom stereocenters. The Kier molecular flexibility index (Phi) is 5.24. The van der Waals surface area contributed by atoms with Crippen molar-refractivity contribution in [1.82, 2.24) is 24.6 Å². The third-order valence-electron chi connectivity index (χ3n) is 4.02. The van der Waals surface area contributed by atoms with Crippen molar-refractivity contribution in [3.05, 3.63) is 42.5 Å². The van der Waals surface area contributed by atoms with E-state index in [0.29, 0.717) is 18.8 Å². The van der Waals surface area contributed by atoms with E-state index in [0.717, 1.165) is 19.6 Å². The maximum absolute atomic E-state index is 12.3. The number of anilines is 1. The lowest BCUT2D eigenvalue weighted by molar-refractivity contribution is -0.118. The highest BCUT2D eigenvalue weighted by atomic mass is 16.2. The zero-order chi connectivity index (χ0) is 17.6. The zero-order valence-corrected chi connectivity index (χ0v) is 13.8. The molecule has 0 radical (unpaired) electrons. The molecular formula is C16H21N7O2. The van der Waals surface area contributed by atoms with Crippen LogP contribution in [0.25, 0.3) is 0 Å². The molecule has 3 rings (SSSR count). The average Bonchev–Trinajstić information content (AvgIpc) is 3.02. The summed E-state index contributed by atoms with van der Waals surface area (Å²) >= 11 is 0. The molecule has 1 saturated heterocycles. The number of hydrogen-bond donors (Lipinski definition) is 2. The van der Waals surface area contributed by atoms with Gasteiger partial charge in [-0.2, -0.15) is 5.10 Å². The van der Waals surface area contributed by atoms with Gasteiger partial charge in [0.2, 0.25) is 5.91 Å². The quantitative estimate of drug-likeness (QED) is 0.801. The lowest BCUT2D eigenvalue weighted by atomic mass is 10.2. The van der Waals surface area contributed by atoms with Crippen LogP contribution in [0.1, 0.15) is 5.56 Å². The smallest absolute Gasteiger partial charge is 0.322 e. The lowest BCUT2D eigenvalue weighted by Gasteiger charge is -2.34. The largest absolute Gasteiger partial charge is 0.368 e. The van der Waals surface area contributed by atoms with E-state index in [4.69, 9.17) is 5.73 Å². The van der Waals surface area contributed by atoms with Gasteiger partial charge in [0.1, 0.15) is 6.54 Å². The van der Waals surface area contributed by atoms with Gasteiger partial charge in [0.05, 0.1) is 11.9 Å². The normalized spacial score (nSPS) is 15.1. The van der Waals surface area contributed by atoms with E-state index in [2.05, 4.69) is 20.3 Å². The van der Waals surface area contributed by atoms with Crippen LogP contribution < -0.4 is 11.1 Å². The van der Waals surface area contributed by atoms with E-state index in [1.54, 1.807) is 23.5 Å². The molecule has 25 heavy (non-hydrogen) atoms. The van der Waals surface area contributed by atoms with Gasteiger partial charge >= 0.3 is 6.03 Å². The van der Waals surface area contributed by atoms with Gasteiger partial charge in [-0.25, -0.2) is 4.79 Å². The number of urea groups is 1. The number of carbonyl (C=O) groups excluding carboxylic acids is 2. The van der Waals surface area contributed by atoms with Crippen molar-refractivity contribution in [2.45, 2.75) is 13.1 Å². The summed E-state index contributed by atoms with van der Waals surface area (Å²) in [5, 5.41) is 6.78. The van der Waals surface area contributed by atoms with Crippen molar-refractivity contribution < 1.29 is 9.59 Å². The number of piperazine rings is 1. The van der Waals surface area contributed by atoms with E-state index in [1.807, 2.05) is 12.1 Å². The molecular weight excluding hydrogens is 322 g/mol. The Labute approximate surface area is 145 Å². The maximum Gasteiger partial charge on any atom is 0.322 e. The van der Waals surface area contributed by atoms with Gasteiger partial charge in [-0.15, -0.1) is 0 Å². The Bertz CT molecular complexity index is 723. The van der Waals surface area contributed by atoms with Crippen LogP contribution in [0.4, 0.5) is 10.5 Å². The fourth-order valence-electron chi connectivity index (χ4n) is 2.73. The predicted octanol–water partition coefficient (Wildman–Crippen LogP) is 0.113. The highest BCUT2D eigenvalue weighted by Crippen LogP contribution is 2.10. The molecule has 3 amide bonds. The molecule has 3 heterocycles. The topological polar surface area (TPSA) is 109 Å². The molecule has 2 aromatic rings. The minimum Gasteiger partial charge on any atom is -0.368 e. The standard InChI is InChI=1S/C16H21N7O2/c17-15(24)12-23-11-14(9-19-23)20-16(25)22-7-5-21(6-8-22)10-13-1-3-18-4-2-13/h1-4,9,11H,5-8,10,12H2,(H2,17,24)(H,20,25). The van der Waals surface area contributed by atoms with Crippen LogP contribution in [-0.2, 0) is 17.9 Å². The number of aromatic nitrogens is 3. The Hall–Kier alpha value is -2.94. The van der Waals surface area contributed by atoms with Gasteiger partial charge in [-0.3, -0.25) is 19.4 Å². The Morgan fingerprint density at radius 1 is 1.16 bits per heavy atom. The molecule has 132 valence electrons. The maximum atomic E-state index is 12.3. The van der Waals surface area contributed by atoms with Gasteiger partial charge < -0.3 is 16.0 Å². The van der Waals surface area contributed by atoms with Crippen molar-refractivity contribution in [2.24, 2.45) is 5.73 Å². The van der Waals surface area contributed by atoms with Gasteiger partial charge in [0, 0.05) is 51.3 Å². The van der Waals surface area contributed by atoms with E-state index in [-0.39, 0.29) is 12.6 Å². The number of rotatable bonds is 5. The second kappa shape index (κ2) is 7.75. The lowest BCUT2D eigenvalue weighted by Crippen LogP contribution is -2.49. The van der Waals surface area contributed by atoms with Gasteiger partial charge in [0.25, 0.3) is 0 Å². The molecule has 9 nitrogen and oxygen atoms in total. The number of nitrogens with one attached hydrogen (secondary N) is 1. The number of nitrogens with two attached hydrogens (primary N) is 1. The summed E-state index contributed by atoms with van der Waals surface area (Å²) in [7, 11) is 0. The number of amides is 3. The fraction of sp³-hybridized carbons (Fsp3) is 0.375. The summed E-state index contributed by atoms with van der Waals surface area (Å²) in [4.78, 5) is 31.3. The molecule has 1 fully saturated rings. The molecule has 1 aliphatic rings. The van der Waals surface area contributed by atoms with Crippen LogP contribution in [0.15, 0.2) is 36.9 Å². The Morgan fingerprint density at radius 2 is 1.88 bits per heavy atom. The summed E-state index contributed by atoms with van der Waals surface area (Å²) in [5.41, 5.74) is 6.88. The van der Waals surface area contributed by atoms with Gasteiger partial charge in [-0.05, 0) is 17.7 Å². The first-order chi connectivity index (χ1) is 12.1. The molecule has 0 aliphatic carbocycles. The first kappa shape index (κ1) is 16.9. The van der Waals surface area contributed by atoms with Crippen LogP contribution in [0.3, 0.4) is 0 Å². The molecule has 0 saturated carbocycles. The van der Waals surface area contributed by atoms with Crippen LogP contribution in [0.5, 0.6) is 0 Å². The molecule has 0 atom stereocenters. The molecule has 3 N–H and O–H groups in total. The first-order valence-electron chi connectivity index (χ1n) is 8.08. The number of hydrogen-bond acceptors (Lipinski definition) is 5. The third kappa shape index (κ3) is 4.77. The van der Waals surface area contributed by atoms with Gasteiger partial charge in [-0.1, -0.05) is 0 Å². The highest BCUT2D eigenvalue weighted by molar-refractivity contribution is 5.89. The second-order valence-corrected chi connectivity index (χ2v) is 5.94. The predicted molar refractivity (Wildman–Crippen MR) is 91.5 cm³/mol. The number of pyridine rings is 1. The van der Waals surface area contributed by atoms with E-state index in [9.17, 15) is 9.59 Å².